The van der Waals surface area contributed by atoms with Crippen molar-refractivity contribution in [2.45, 2.75) is 25.7 Å². The van der Waals surface area contributed by atoms with Crippen LogP contribution >= 0.6 is 0 Å². The van der Waals surface area contributed by atoms with Crippen molar-refractivity contribution in [1.82, 2.24) is 4.90 Å². The van der Waals surface area contributed by atoms with Crippen LogP contribution in [0.5, 0.6) is 0 Å². The Hall–Kier alpha value is -0.650. The lowest BCUT2D eigenvalue weighted by molar-refractivity contribution is -0.136. The third kappa shape index (κ3) is 4.92. The van der Waals surface area contributed by atoms with Gasteiger partial charge in [-0.3, -0.25) is 4.79 Å². The Morgan fingerprint density at radius 1 is 1.33 bits per heavy atom. The minimum Gasteiger partial charge on any atom is -0.394 e. The highest BCUT2D eigenvalue weighted by Gasteiger charge is 2.27. The van der Waals surface area contributed by atoms with Gasteiger partial charge in [0.25, 0.3) is 0 Å². The van der Waals surface area contributed by atoms with Gasteiger partial charge in [0.15, 0.2) is 0 Å². The minimum absolute atomic E-state index is 0.0285. The van der Waals surface area contributed by atoms with Gasteiger partial charge in [-0.15, -0.1) is 0 Å². The molecule has 0 aromatic rings. The maximum atomic E-state index is 12.1. The lowest BCUT2D eigenvalue weighted by atomic mass is 9.81. The molecule has 0 aromatic heterocycles. The predicted molar refractivity (Wildman–Crippen MR) is 70.0 cm³/mol. The van der Waals surface area contributed by atoms with E-state index in [4.69, 9.17) is 15.6 Å². The molecule has 0 spiro atoms. The Bertz CT molecular complexity index is 240. The fourth-order valence-electron chi connectivity index (χ4n) is 2.44. The van der Waals surface area contributed by atoms with E-state index >= 15 is 0 Å². The first-order chi connectivity index (χ1) is 8.69. The van der Waals surface area contributed by atoms with E-state index in [1.807, 2.05) is 7.05 Å². The van der Waals surface area contributed by atoms with Gasteiger partial charge < -0.3 is 20.5 Å². The topological polar surface area (TPSA) is 75.8 Å². The monoisotopic (exact) mass is 258 g/mol. The number of hydrogen-bond donors (Lipinski definition) is 2. The van der Waals surface area contributed by atoms with Crippen molar-refractivity contribution in [3.8, 4) is 0 Å². The fourth-order valence-corrected chi connectivity index (χ4v) is 2.44. The van der Waals surface area contributed by atoms with Gasteiger partial charge in [0, 0.05) is 19.5 Å². The van der Waals surface area contributed by atoms with E-state index in [0.29, 0.717) is 25.7 Å². The third-order valence-corrected chi connectivity index (χ3v) is 3.71. The number of aliphatic hydroxyl groups excluding tert-OH is 1. The predicted octanol–water partition coefficient (Wildman–Crippen LogP) is 0.219. The van der Waals surface area contributed by atoms with Crippen LogP contribution in [0.4, 0.5) is 0 Å². The maximum Gasteiger partial charge on any atom is 0.225 e. The van der Waals surface area contributed by atoms with Gasteiger partial charge in [-0.1, -0.05) is 0 Å². The average molecular weight is 258 g/mol. The number of likely N-dealkylation sites (N-methyl/N-ethyl adjacent to an activating group) is 1. The highest BCUT2D eigenvalue weighted by molar-refractivity contribution is 5.78. The highest BCUT2D eigenvalue weighted by Crippen LogP contribution is 2.29. The summed E-state index contributed by atoms with van der Waals surface area (Å²) in [5.74, 6) is 0.987. The molecule has 0 bridgehead atoms. The first-order valence-corrected chi connectivity index (χ1v) is 6.82. The first kappa shape index (κ1) is 15.4. The fraction of sp³-hybridized carbons (Fsp3) is 0.923. The molecule has 3 N–H and O–H groups in total. The van der Waals surface area contributed by atoms with Crippen molar-refractivity contribution in [2.24, 2.45) is 17.6 Å². The van der Waals surface area contributed by atoms with Gasteiger partial charge in [-0.25, -0.2) is 0 Å². The second kappa shape index (κ2) is 8.45. The molecule has 1 rings (SSSR count). The molecule has 0 aliphatic heterocycles. The molecule has 1 amide bonds. The zero-order valence-corrected chi connectivity index (χ0v) is 11.3. The van der Waals surface area contributed by atoms with Crippen LogP contribution in [0, 0.1) is 11.8 Å². The number of aliphatic hydroxyl groups is 1. The van der Waals surface area contributed by atoms with Crippen LogP contribution < -0.4 is 5.73 Å². The van der Waals surface area contributed by atoms with E-state index in [0.717, 1.165) is 32.2 Å². The number of carbonyl (C=O) groups excluding carboxylic acids is 1. The largest absolute Gasteiger partial charge is 0.394 e. The molecule has 1 aliphatic carbocycles. The summed E-state index contributed by atoms with van der Waals surface area (Å²) in [7, 11) is 1.82. The van der Waals surface area contributed by atoms with E-state index < -0.39 is 0 Å². The van der Waals surface area contributed by atoms with Crippen LogP contribution in [-0.4, -0.2) is 55.9 Å². The van der Waals surface area contributed by atoms with Crippen molar-refractivity contribution in [3.05, 3.63) is 0 Å². The summed E-state index contributed by atoms with van der Waals surface area (Å²) in [6.07, 6.45) is 4.06. The van der Waals surface area contributed by atoms with E-state index in [2.05, 4.69) is 0 Å². The van der Waals surface area contributed by atoms with Crippen LogP contribution in [0.15, 0.2) is 0 Å². The molecule has 18 heavy (non-hydrogen) atoms. The molecular weight excluding hydrogens is 232 g/mol. The lowest BCUT2D eigenvalue weighted by Crippen LogP contribution is -2.37. The molecule has 0 radical (unpaired) electrons. The molecule has 0 atom stereocenters. The summed E-state index contributed by atoms with van der Waals surface area (Å²) in [4.78, 5) is 13.9. The highest BCUT2D eigenvalue weighted by atomic mass is 16.5. The number of ether oxygens (including phenoxy) is 1. The van der Waals surface area contributed by atoms with Gasteiger partial charge in [-0.2, -0.15) is 0 Å². The number of nitrogens with two attached hydrogens (primary N) is 1. The molecule has 0 aromatic carbocycles. The molecule has 0 saturated heterocycles. The van der Waals surface area contributed by atoms with Gasteiger partial charge in [-0.05, 0) is 38.1 Å². The number of amides is 1. The summed E-state index contributed by atoms with van der Waals surface area (Å²) in [5, 5.41) is 8.58. The Kier molecular flexibility index (Phi) is 7.23. The minimum atomic E-state index is 0.0285. The molecular formula is C13H26N2O3. The lowest BCUT2D eigenvalue weighted by Gasteiger charge is -2.30. The van der Waals surface area contributed by atoms with E-state index in [1.54, 1.807) is 4.90 Å². The van der Waals surface area contributed by atoms with Crippen molar-refractivity contribution in [1.29, 1.82) is 0 Å². The second-order valence-electron chi connectivity index (χ2n) is 5.05. The maximum absolute atomic E-state index is 12.1. The zero-order valence-electron chi connectivity index (χ0n) is 11.3. The van der Waals surface area contributed by atoms with Crippen molar-refractivity contribution < 1.29 is 14.6 Å². The van der Waals surface area contributed by atoms with E-state index in [1.165, 1.54) is 0 Å². The van der Waals surface area contributed by atoms with Crippen molar-refractivity contribution in [2.75, 3.05) is 40.0 Å². The van der Waals surface area contributed by atoms with Crippen LogP contribution in [0.2, 0.25) is 0 Å². The molecule has 0 unspecified atom stereocenters. The van der Waals surface area contributed by atoms with Crippen LogP contribution in [0.3, 0.4) is 0 Å². The Morgan fingerprint density at radius 3 is 2.56 bits per heavy atom. The van der Waals surface area contributed by atoms with E-state index in [-0.39, 0.29) is 18.4 Å². The first-order valence-electron chi connectivity index (χ1n) is 6.82. The Balaban J connectivity index is 2.22. The number of hydrogen-bond acceptors (Lipinski definition) is 4. The number of rotatable bonds is 7. The Labute approximate surface area is 109 Å². The zero-order chi connectivity index (χ0) is 13.4. The summed E-state index contributed by atoms with van der Waals surface area (Å²) in [5.41, 5.74) is 5.65. The summed E-state index contributed by atoms with van der Waals surface area (Å²) < 4.78 is 5.16. The third-order valence-electron chi connectivity index (χ3n) is 3.71. The molecule has 106 valence electrons. The summed E-state index contributed by atoms with van der Waals surface area (Å²) in [6, 6.07) is 0. The van der Waals surface area contributed by atoms with Crippen LogP contribution in [0.1, 0.15) is 25.7 Å². The van der Waals surface area contributed by atoms with Gasteiger partial charge in [0.1, 0.15) is 0 Å². The summed E-state index contributed by atoms with van der Waals surface area (Å²) in [6.45, 7) is 2.19. The van der Waals surface area contributed by atoms with Gasteiger partial charge >= 0.3 is 0 Å². The van der Waals surface area contributed by atoms with E-state index in [9.17, 15) is 4.79 Å². The standard InChI is InChI=1S/C13H26N2O3/c1-15(6-8-18-9-7-16)13(17)12-4-2-11(10-14)3-5-12/h11-12,16H,2-10,14H2,1H3. The van der Waals surface area contributed by atoms with Crippen LogP contribution in [0.25, 0.3) is 0 Å². The molecule has 5 nitrogen and oxygen atoms in total. The molecule has 1 aliphatic rings. The SMILES string of the molecule is CN(CCOCCO)C(=O)C1CCC(CN)CC1. The molecule has 0 heterocycles. The van der Waals surface area contributed by atoms with Crippen molar-refractivity contribution >= 4 is 5.91 Å². The average Bonchev–Trinajstić information content (AvgIpc) is 2.42. The molecule has 1 fully saturated rings. The van der Waals surface area contributed by atoms with Gasteiger partial charge in [0.2, 0.25) is 5.91 Å². The summed E-state index contributed by atoms with van der Waals surface area (Å²) >= 11 is 0. The van der Waals surface area contributed by atoms with Gasteiger partial charge in [0.05, 0.1) is 19.8 Å². The van der Waals surface area contributed by atoms with Crippen LogP contribution in [-0.2, 0) is 9.53 Å². The molecule has 1 saturated carbocycles. The second-order valence-corrected chi connectivity index (χ2v) is 5.05. The Morgan fingerprint density at radius 2 is 2.00 bits per heavy atom. The number of nitrogens with zero attached hydrogens (tertiary/aromatic N) is 1. The quantitative estimate of drug-likeness (QED) is 0.641. The normalized spacial score (nSPS) is 23.9. The number of carbonyl (C=O) groups is 1. The smallest absolute Gasteiger partial charge is 0.225 e. The molecule has 5 heteroatoms. The van der Waals surface area contributed by atoms with Crippen molar-refractivity contribution in [3.63, 3.8) is 0 Å².